The van der Waals surface area contributed by atoms with Gasteiger partial charge in [-0.1, -0.05) is 137 Å². The second kappa shape index (κ2) is 12.0. The number of fused-ring (bicyclic) bond motifs is 4. The fourth-order valence-electron chi connectivity index (χ4n) is 6.22. The van der Waals surface area contributed by atoms with Crippen molar-refractivity contribution in [1.82, 2.24) is 4.57 Å². The number of aromatic nitrogens is 1. The fourth-order valence-corrected chi connectivity index (χ4v) is 6.22. The van der Waals surface area contributed by atoms with E-state index in [0.717, 1.165) is 19.4 Å². The van der Waals surface area contributed by atoms with Crippen LogP contribution in [0.25, 0.3) is 55.9 Å². The van der Waals surface area contributed by atoms with Gasteiger partial charge in [0.05, 0.1) is 0 Å². The molecule has 0 unspecified atom stereocenters. The summed E-state index contributed by atoms with van der Waals surface area (Å²) in [6.45, 7) is 5.64. The van der Waals surface area contributed by atoms with Gasteiger partial charge in [0.15, 0.2) is 0 Å². The minimum absolute atomic E-state index is 1.07. The van der Waals surface area contributed by atoms with Crippen LogP contribution in [0.3, 0.4) is 0 Å². The van der Waals surface area contributed by atoms with E-state index in [-0.39, 0.29) is 0 Å². The Morgan fingerprint density at radius 1 is 0.600 bits per heavy atom. The molecule has 1 aromatic heterocycles. The van der Waals surface area contributed by atoms with Crippen LogP contribution in [0.1, 0.15) is 62.6 Å². The van der Waals surface area contributed by atoms with Crippen LogP contribution in [-0.2, 0) is 13.0 Å². The molecule has 0 atom stereocenters. The Bertz CT molecular complexity index is 1800. The quantitative estimate of drug-likeness (QED) is 0.0959. The number of hydrogen-bond acceptors (Lipinski definition) is 0. The van der Waals surface area contributed by atoms with Gasteiger partial charge in [-0.25, -0.2) is 0 Å². The second-order valence-electron chi connectivity index (χ2n) is 11.0. The molecule has 0 amide bonds. The van der Waals surface area contributed by atoms with Gasteiger partial charge in [0.25, 0.3) is 0 Å². The first-order valence-corrected chi connectivity index (χ1v) is 15.1. The second-order valence-corrected chi connectivity index (χ2v) is 11.0. The highest BCUT2D eigenvalue weighted by Crippen LogP contribution is 2.34. The van der Waals surface area contributed by atoms with Crippen molar-refractivity contribution in [3.63, 3.8) is 0 Å². The molecule has 6 aromatic rings. The zero-order valence-corrected chi connectivity index (χ0v) is 23.9. The van der Waals surface area contributed by atoms with Crippen molar-refractivity contribution in [2.24, 2.45) is 0 Å². The van der Waals surface area contributed by atoms with E-state index in [1.807, 2.05) is 0 Å². The van der Waals surface area contributed by atoms with Crippen molar-refractivity contribution in [2.75, 3.05) is 0 Å². The van der Waals surface area contributed by atoms with Gasteiger partial charge in [-0.3, -0.25) is 0 Å². The summed E-state index contributed by atoms with van der Waals surface area (Å²) >= 11 is 0. The molecule has 5 aromatic carbocycles. The van der Waals surface area contributed by atoms with Gasteiger partial charge >= 0.3 is 0 Å². The van der Waals surface area contributed by atoms with Crippen LogP contribution < -0.4 is 0 Å². The lowest BCUT2D eigenvalue weighted by molar-refractivity contribution is 0.596. The molecular weight excluding hydrogens is 482 g/mol. The molecule has 0 N–H and O–H groups in total. The Hall–Kier alpha value is -4.10. The van der Waals surface area contributed by atoms with E-state index in [9.17, 15) is 0 Å². The van der Waals surface area contributed by atoms with E-state index in [4.69, 9.17) is 0 Å². The lowest BCUT2D eigenvalue weighted by Gasteiger charge is -2.15. The third kappa shape index (κ3) is 5.21. The summed E-state index contributed by atoms with van der Waals surface area (Å²) < 4.78 is 2.57. The first-order valence-electron chi connectivity index (χ1n) is 15.1. The van der Waals surface area contributed by atoms with E-state index < -0.39 is 0 Å². The van der Waals surface area contributed by atoms with Crippen LogP contribution in [0.2, 0.25) is 0 Å². The zero-order chi connectivity index (χ0) is 27.3. The summed E-state index contributed by atoms with van der Waals surface area (Å²) in [4.78, 5) is 0. The molecule has 200 valence electrons. The average Bonchev–Trinajstić information content (AvgIpc) is 3.36. The molecule has 0 aliphatic carbocycles. The van der Waals surface area contributed by atoms with Gasteiger partial charge in [0.2, 0.25) is 0 Å². The summed E-state index contributed by atoms with van der Waals surface area (Å²) in [6.07, 6.45) is 11.9. The lowest BCUT2D eigenvalue weighted by atomic mass is 9.95. The third-order valence-corrected chi connectivity index (χ3v) is 8.23. The molecular formula is C39H39N. The molecule has 6 rings (SSSR count). The van der Waals surface area contributed by atoms with Crippen LogP contribution in [0, 0.1) is 0 Å². The Balaban J connectivity index is 1.39. The number of benzene rings is 5. The minimum atomic E-state index is 1.07. The average molecular weight is 522 g/mol. The number of hydrogen-bond donors (Lipinski definition) is 0. The highest BCUT2D eigenvalue weighted by molar-refractivity contribution is 6.11. The van der Waals surface area contributed by atoms with Crippen molar-refractivity contribution in [2.45, 2.75) is 58.9 Å². The van der Waals surface area contributed by atoms with E-state index in [1.165, 1.54) is 86.1 Å². The molecule has 0 aliphatic rings. The minimum Gasteiger partial charge on any atom is -0.340 e. The highest BCUT2D eigenvalue weighted by Gasteiger charge is 2.14. The predicted molar refractivity (Wildman–Crippen MR) is 176 cm³/mol. The van der Waals surface area contributed by atoms with Gasteiger partial charge < -0.3 is 4.57 Å². The topological polar surface area (TPSA) is 4.93 Å². The first kappa shape index (κ1) is 26.1. The van der Waals surface area contributed by atoms with Gasteiger partial charge in [0.1, 0.15) is 0 Å². The molecule has 0 saturated heterocycles. The monoisotopic (exact) mass is 521 g/mol. The van der Waals surface area contributed by atoms with Crippen LogP contribution >= 0.6 is 0 Å². The normalized spacial score (nSPS) is 11.8. The number of unbranched alkanes of at least 4 members (excludes halogenated alkanes) is 3. The highest BCUT2D eigenvalue weighted by atomic mass is 15.0. The van der Waals surface area contributed by atoms with Crippen molar-refractivity contribution in [1.29, 1.82) is 0 Å². The van der Waals surface area contributed by atoms with Gasteiger partial charge in [0, 0.05) is 28.7 Å². The summed E-state index contributed by atoms with van der Waals surface area (Å²) in [5, 5.41) is 6.55. The molecule has 0 saturated carbocycles. The van der Waals surface area contributed by atoms with Crippen molar-refractivity contribution >= 4 is 44.6 Å². The lowest BCUT2D eigenvalue weighted by Crippen LogP contribution is -2.02. The van der Waals surface area contributed by atoms with Gasteiger partial charge in [-0.15, -0.1) is 0 Å². The Morgan fingerprint density at radius 2 is 1.35 bits per heavy atom. The first-order chi connectivity index (χ1) is 19.8. The van der Waals surface area contributed by atoms with Crippen LogP contribution in [0.4, 0.5) is 0 Å². The molecule has 1 nitrogen and oxygen atoms in total. The largest absolute Gasteiger partial charge is 0.340 e. The summed E-state index contributed by atoms with van der Waals surface area (Å²) in [7, 11) is 0. The van der Waals surface area contributed by atoms with Crippen molar-refractivity contribution in [3.8, 4) is 11.3 Å². The molecule has 0 fully saturated rings. The molecule has 0 bridgehead atoms. The molecule has 0 radical (unpaired) electrons. The number of nitrogens with zero attached hydrogens (tertiary/aromatic N) is 1. The molecule has 0 spiro atoms. The Morgan fingerprint density at radius 3 is 2.17 bits per heavy atom. The van der Waals surface area contributed by atoms with E-state index >= 15 is 0 Å². The van der Waals surface area contributed by atoms with Crippen molar-refractivity contribution in [3.05, 3.63) is 120 Å². The SMILES string of the molecule is CCCCCCn1c(-c2ccc(C=Cc3cc4ccccc4c4ccccc34)cc2CCC)cc2ccccc21. The van der Waals surface area contributed by atoms with Crippen molar-refractivity contribution < 1.29 is 0 Å². The Kier molecular flexibility index (Phi) is 7.82. The summed E-state index contributed by atoms with van der Waals surface area (Å²) in [5.41, 5.74) is 8.05. The smallest absolute Gasteiger partial charge is 0.0494 e. The zero-order valence-electron chi connectivity index (χ0n) is 23.9. The fraction of sp³-hybridized carbons (Fsp3) is 0.231. The van der Waals surface area contributed by atoms with E-state index in [0.29, 0.717) is 0 Å². The van der Waals surface area contributed by atoms with Gasteiger partial charge in [-0.05, 0) is 69.3 Å². The Labute approximate surface area is 238 Å². The van der Waals surface area contributed by atoms with Crippen LogP contribution in [0.15, 0.2) is 103 Å². The molecule has 1 heterocycles. The number of para-hydroxylation sites is 1. The van der Waals surface area contributed by atoms with E-state index in [1.54, 1.807) is 0 Å². The maximum Gasteiger partial charge on any atom is 0.0494 e. The van der Waals surface area contributed by atoms with Crippen LogP contribution in [0.5, 0.6) is 0 Å². The predicted octanol–water partition coefficient (Wildman–Crippen LogP) is 11.3. The van der Waals surface area contributed by atoms with E-state index in [2.05, 4.69) is 134 Å². The maximum atomic E-state index is 2.57. The van der Waals surface area contributed by atoms with Gasteiger partial charge in [-0.2, -0.15) is 0 Å². The number of aryl methyl sites for hydroxylation is 2. The standard InChI is InChI=1S/C39H39N/c1-3-5-6-13-25-40-38-20-12-8-16-33(38)28-39(40)36-24-22-29(26-30(36)14-4-2)21-23-32-27-31-15-7-9-17-34(31)37-19-11-10-18-35(32)37/h7-12,15-24,26-28H,3-6,13-14,25H2,1-2H3. The number of rotatable bonds is 10. The molecule has 40 heavy (non-hydrogen) atoms. The summed E-state index contributed by atoms with van der Waals surface area (Å²) in [6, 6.07) is 38.1. The third-order valence-electron chi connectivity index (χ3n) is 8.23. The summed E-state index contributed by atoms with van der Waals surface area (Å²) in [5.74, 6) is 0. The maximum absolute atomic E-state index is 2.57. The molecule has 0 aliphatic heterocycles. The van der Waals surface area contributed by atoms with Crippen LogP contribution in [-0.4, -0.2) is 4.57 Å². The molecule has 1 heteroatoms.